The van der Waals surface area contributed by atoms with Gasteiger partial charge in [0.1, 0.15) is 5.92 Å². The Morgan fingerprint density at radius 2 is 2.33 bits per heavy atom. The van der Waals surface area contributed by atoms with Crippen LogP contribution in [0.25, 0.3) is 0 Å². The van der Waals surface area contributed by atoms with Gasteiger partial charge in [-0.2, -0.15) is 0 Å². The van der Waals surface area contributed by atoms with Crippen LogP contribution in [0.1, 0.15) is 6.92 Å². The highest BCUT2D eigenvalue weighted by atomic mass is 16.5. The molecule has 5 nitrogen and oxygen atoms in total. The van der Waals surface area contributed by atoms with Crippen LogP contribution in [0, 0.1) is 5.92 Å². The van der Waals surface area contributed by atoms with E-state index in [4.69, 9.17) is 0 Å². The van der Waals surface area contributed by atoms with Crippen LogP contribution in [0.2, 0.25) is 0 Å². The number of hydrogen-bond donors (Lipinski definition) is 1. The number of rotatable bonds is 2. The van der Waals surface area contributed by atoms with E-state index in [0.717, 1.165) is 0 Å². The number of carbonyl (C=O) groups excluding carboxylic acids is 3. The van der Waals surface area contributed by atoms with Gasteiger partial charge < -0.3 is 10.1 Å². The molecule has 0 saturated carbocycles. The van der Waals surface area contributed by atoms with Gasteiger partial charge in [-0.25, -0.2) is 0 Å². The summed E-state index contributed by atoms with van der Waals surface area (Å²) in [5.41, 5.74) is 0. The minimum atomic E-state index is -0.933. The van der Waals surface area contributed by atoms with Crippen molar-refractivity contribution in [1.82, 2.24) is 5.32 Å². The maximum Gasteiger partial charge on any atom is 0.318 e. The van der Waals surface area contributed by atoms with Crippen LogP contribution in [0.3, 0.4) is 0 Å². The smallest absolute Gasteiger partial charge is 0.318 e. The predicted octanol–water partition coefficient (Wildman–Crippen LogP) is -1.14. The molecule has 0 aromatic heterocycles. The minimum absolute atomic E-state index is 0.0660. The molecular weight excluding hydrogens is 162 g/mol. The van der Waals surface area contributed by atoms with Crippen molar-refractivity contribution in [3.05, 3.63) is 0 Å². The lowest BCUT2D eigenvalue weighted by molar-refractivity contribution is -0.151. The molecular formula is C7H9NO4. The van der Waals surface area contributed by atoms with Gasteiger partial charge in [-0.15, -0.1) is 0 Å². The molecule has 1 saturated heterocycles. The molecule has 0 unspecified atom stereocenters. The van der Waals surface area contributed by atoms with Crippen molar-refractivity contribution in [3.63, 3.8) is 0 Å². The highest BCUT2D eigenvalue weighted by Crippen LogP contribution is 2.06. The molecule has 0 bridgehead atoms. The van der Waals surface area contributed by atoms with E-state index >= 15 is 0 Å². The van der Waals surface area contributed by atoms with E-state index in [9.17, 15) is 14.4 Å². The number of nitrogens with one attached hydrogen (secondary N) is 1. The molecule has 0 aromatic rings. The third-order valence-electron chi connectivity index (χ3n) is 1.58. The van der Waals surface area contributed by atoms with E-state index in [1.54, 1.807) is 6.92 Å². The molecule has 5 heteroatoms. The van der Waals surface area contributed by atoms with Gasteiger partial charge in [0.25, 0.3) is 5.91 Å². The Hall–Kier alpha value is -1.39. The fourth-order valence-corrected chi connectivity index (χ4v) is 0.966. The summed E-state index contributed by atoms with van der Waals surface area (Å²) < 4.78 is 4.59. The van der Waals surface area contributed by atoms with Crippen LogP contribution in [-0.4, -0.2) is 30.8 Å². The summed E-state index contributed by atoms with van der Waals surface area (Å²) in [7, 11) is 0. The second kappa shape index (κ2) is 3.34. The Balaban J connectivity index is 2.59. The standard InChI is InChI=1S/C7H9NO4/c1-2-12-7(11)4-3-8-6(10)5(4)9/h4H,2-3H2,1H3,(H,8,10)/t4-/m1/s1. The van der Waals surface area contributed by atoms with E-state index in [2.05, 4.69) is 10.1 Å². The summed E-state index contributed by atoms with van der Waals surface area (Å²) in [6.45, 7) is 1.93. The SMILES string of the molecule is CCOC(=O)[C@@H]1CNC(=O)C1=O. The number of ketones is 1. The quantitative estimate of drug-likeness (QED) is 0.324. The number of amides is 1. The lowest BCUT2D eigenvalue weighted by Gasteiger charge is -2.03. The van der Waals surface area contributed by atoms with Gasteiger partial charge in [-0.1, -0.05) is 0 Å². The molecule has 0 radical (unpaired) electrons. The zero-order chi connectivity index (χ0) is 9.14. The molecule has 1 N–H and O–H groups in total. The van der Waals surface area contributed by atoms with Gasteiger partial charge in [0.05, 0.1) is 6.61 Å². The third-order valence-corrected chi connectivity index (χ3v) is 1.58. The van der Waals surface area contributed by atoms with E-state index < -0.39 is 23.6 Å². The first-order valence-corrected chi connectivity index (χ1v) is 3.65. The second-order valence-electron chi connectivity index (χ2n) is 2.38. The molecule has 1 aliphatic rings. The molecule has 1 aliphatic heterocycles. The average Bonchev–Trinajstić information content (AvgIpc) is 2.34. The summed E-state index contributed by atoms with van der Waals surface area (Å²) in [5, 5.41) is 2.27. The van der Waals surface area contributed by atoms with Gasteiger partial charge >= 0.3 is 5.97 Å². The lowest BCUT2D eigenvalue weighted by atomic mass is 10.1. The fraction of sp³-hybridized carbons (Fsp3) is 0.571. The lowest BCUT2D eigenvalue weighted by Crippen LogP contribution is -2.25. The molecule has 12 heavy (non-hydrogen) atoms. The topological polar surface area (TPSA) is 72.5 Å². The Bertz CT molecular complexity index is 236. The average molecular weight is 171 g/mol. The van der Waals surface area contributed by atoms with Crippen LogP contribution in [-0.2, 0) is 19.1 Å². The Labute approximate surface area is 69.1 Å². The normalized spacial score (nSPS) is 22.2. The number of esters is 1. The first-order chi connectivity index (χ1) is 5.66. The van der Waals surface area contributed by atoms with Gasteiger partial charge in [0.2, 0.25) is 5.78 Å². The van der Waals surface area contributed by atoms with Crippen molar-refractivity contribution in [1.29, 1.82) is 0 Å². The second-order valence-corrected chi connectivity index (χ2v) is 2.38. The summed E-state index contributed by atoms with van der Waals surface area (Å²) in [6.07, 6.45) is 0. The molecule has 0 spiro atoms. The van der Waals surface area contributed by atoms with Gasteiger partial charge in [0.15, 0.2) is 0 Å². The van der Waals surface area contributed by atoms with Gasteiger partial charge in [0, 0.05) is 6.54 Å². The monoisotopic (exact) mass is 171 g/mol. The molecule has 66 valence electrons. The highest BCUT2D eigenvalue weighted by molar-refractivity contribution is 6.42. The van der Waals surface area contributed by atoms with Crippen LogP contribution < -0.4 is 5.32 Å². The zero-order valence-corrected chi connectivity index (χ0v) is 6.62. The van der Waals surface area contributed by atoms with E-state index in [0.29, 0.717) is 0 Å². The molecule has 0 aliphatic carbocycles. The van der Waals surface area contributed by atoms with Crippen molar-refractivity contribution in [2.75, 3.05) is 13.2 Å². The molecule has 1 rings (SSSR count). The molecule has 1 atom stereocenters. The number of Topliss-reactive ketones (excluding diaryl/α,β-unsaturated/α-hetero) is 1. The van der Waals surface area contributed by atoms with Crippen molar-refractivity contribution >= 4 is 17.7 Å². The molecule has 1 heterocycles. The van der Waals surface area contributed by atoms with E-state index in [1.807, 2.05) is 0 Å². The van der Waals surface area contributed by atoms with Crippen molar-refractivity contribution in [2.24, 2.45) is 5.92 Å². The summed E-state index contributed by atoms with van der Waals surface area (Å²) in [5.74, 6) is -2.96. The first kappa shape index (κ1) is 8.70. The van der Waals surface area contributed by atoms with Crippen molar-refractivity contribution < 1.29 is 19.1 Å². The predicted molar refractivity (Wildman–Crippen MR) is 38.1 cm³/mol. The van der Waals surface area contributed by atoms with Crippen LogP contribution in [0.4, 0.5) is 0 Å². The van der Waals surface area contributed by atoms with Crippen LogP contribution in [0.5, 0.6) is 0 Å². The Morgan fingerprint density at radius 3 is 2.75 bits per heavy atom. The largest absolute Gasteiger partial charge is 0.465 e. The number of carbonyl (C=O) groups is 3. The number of ether oxygens (including phenoxy) is 1. The minimum Gasteiger partial charge on any atom is -0.465 e. The van der Waals surface area contributed by atoms with Crippen LogP contribution in [0.15, 0.2) is 0 Å². The zero-order valence-electron chi connectivity index (χ0n) is 6.62. The molecule has 0 aromatic carbocycles. The Morgan fingerprint density at radius 1 is 1.67 bits per heavy atom. The summed E-state index contributed by atoms with van der Waals surface area (Å²) in [6, 6.07) is 0. The van der Waals surface area contributed by atoms with Crippen molar-refractivity contribution in [2.45, 2.75) is 6.92 Å². The van der Waals surface area contributed by atoms with E-state index in [1.165, 1.54) is 0 Å². The van der Waals surface area contributed by atoms with Crippen molar-refractivity contribution in [3.8, 4) is 0 Å². The Kier molecular flexibility index (Phi) is 2.42. The van der Waals surface area contributed by atoms with Gasteiger partial charge in [-0.3, -0.25) is 14.4 Å². The molecule has 1 amide bonds. The first-order valence-electron chi connectivity index (χ1n) is 3.65. The third kappa shape index (κ3) is 1.44. The fourth-order valence-electron chi connectivity index (χ4n) is 0.966. The highest BCUT2D eigenvalue weighted by Gasteiger charge is 2.38. The van der Waals surface area contributed by atoms with E-state index in [-0.39, 0.29) is 13.2 Å². The van der Waals surface area contributed by atoms with Gasteiger partial charge in [-0.05, 0) is 6.92 Å². The van der Waals surface area contributed by atoms with Crippen LogP contribution >= 0.6 is 0 Å². The summed E-state index contributed by atoms with van der Waals surface area (Å²) in [4.78, 5) is 32.5. The number of hydrogen-bond acceptors (Lipinski definition) is 4. The maximum absolute atomic E-state index is 11.0. The summed E-state index contributed by atoms with van der Waals surface area (Å²) >= 11 is 0. The maximum atomic E-state index is 11.0. The molecule has 1 fully saturated rings.